The van der Waals surface area contributed by atoms with Crippen molar-refractivity contribution in [2.24, 2.45) is 4.99 Å². The van der Waals surface area contributed by atoms with Gasteiger partial charge in [-0.3, -0.25) is 9.69 Å². The lowest BCUT2D eigenvalue weighted by atomic mass is 10.1. The van der Waals surface area contributed by atoms with Crippen LogP contribution >= 0.6 is 11.8 Å². The van der Waals surface area contributed by atoms with Gasteiger partial charge in [0, 0.05) is 23.6 Å². The van der Waals surface area contributed by atoms with Crippen LogP contribution in [0, 0.1) is 0 Å². The van der Waals surface area contributed by atoms with E-state index in [1.54, 1.807) is 12.0 Å². The highest BCUT2D eigenvalue weighted by Gasteiger charge is 2.33. The zero-order valence-corrected chi connectivity index (χ0v) is 19.0. The smallest absolute Gasteiger partial charge is 0.266 e. The van der Waals surface area contributed by atoms with Crippen molar-refractivity contribution in [3.05, 3.63) is 101 Å². The van der Waals surface area contributed by atoms with Crippen LogP contribution in [0.2, 0.25) is 0 Å². The number of hydrogen-bond acceptors (Lipinski definition) is 4. The number of nitrogens with one attached hydrogen (secondary N) is 1. The average molecular weight is 454 g/mol. The standard InChI is InChI=1S/C27H23N3O2S/c1-32-22-13-11-19(12-14-22)17-25-26(31)30(27(33-25)29-21-7-3-2-4-8-21)16-15-20-18-28-24-10-6-5-9-23(20)24/h2-14,17-18,28H,15-16H2,1H3/b25-17+,29-27?. The minimum atomic E-state index is -0.0228. The lowest BCUT2D eigenvalue weighted by molar-refractivity contribution is -0.122. The van der Waals surface area contributed by atoms with Crippen molar-refractivity contribution in [3.63, 3.8) is 0 Å². The summed E-state index contributed by atoms with van der Waals surface area (Å²) in [6, 6.07) is 25.7. The zero-order valence-electron chi connectivity index (χ0n) is 18.2. The van der Waals surface area contributed by atoms with Gasteiger partial charge < -0.3 is 9.72 Å². The van der Waals surface area contributed by atoms with E-state index < -0.39 is 0 Å². The number of carbonyl (C=O) groups is 1. The number of aromatic nitrogens is 1. The van der Waals surface area contributed by atoms with Gasteiger partial charge in [0.15, 0.2) is 5.17 Å². The summed E-state index contributed by atoms with van der Waals surface area (Å²) in [7, 11) is 1.64. The second kappa shape index (κ2) is 9.38. The summed E-state index contributed by atoms with van der Waals surface area (Å²) >= 11 is 1.42. The molecule has 164 valence electrons. The predicted octanol–water partition coefficient (Wildman–Crippen LogP) is 6.02. The molecule has 4 aromatic rings. The first-order valence-corrected chi connectivity index (χ1v) is 11.6. The molecule has 0 spiro atoms. The van der Waals surface area contributed by atoms with Gasteiger partial charge >= 0.3 is 0 Å². The Morgan fingerprint density at radius 1 is 1.00 bits per heavy atom. The molecule has 0 unspecified atom stereocenters. The topological polar surface area (TPSA) is 57.7 Å². The van der Waals surface area contributed by atoms with Gasteiger partial charge in [0.1, 0.15) is 5.75 Å². The Labute approximate surface area is 196 Å². The molecule has 0 atom stereocenters. The molecule has 3 aromatic carbocycles. The lowest BCUT2D eigenvalue weighted by Gasteiger charge is -2.15. The molecule has 2 heterocycles. The number of nitrogens with zero attached hydrogens (tertiary/aromatic N) is 2. The Hall–Kier alpha value is -3.77. The molecule has 1 aromatic heterocycles. The summed E-state index contributed by atoms with van der Waals surface area (Å²) in [5.41, 5.74) is 4.07. The Bertz CT molecular complexity index is 1340. The maximum atomic E-state index is 13.4. The number of fused-ring (bicyclic) bond motifs is 1. The number of ether oxygens (including phenoxy) is 1. The molecule has 1 aliphatic rings. The molecule has 5 rings (SSSR count). The molecule has 1 aliphatic heterocycles. The Kier molecular flexibility index (Phi) is 6.00. The van der Waals surface area contributed by atoms with E-state index in [9.17, 15) is 4.79 Å². The van der Waals surface area contributed by atoms with E-state index in [0.29, 0.717) is 16.6 Å². The van der Waals surface area contributed by atoms with E-state index in [-0.39, 0.29) is 5.91 Å². The number of thioether (sulfide) groups is 1. The normalized spacial score (nSPS) is 16.3. The molecule has 5 nitrogen and oxygen atoms in total. The van der Waals surface area contributed by atoms with E-state index in [1.807, 2.05) is 79.0 Å². The summed E-state index contributed by atoms with van der Waals surface area (Å²) in [5, 5.41) is 1.89. The van der Waals surface area contributed by atoms with Crippen molar-refractivity contribution < 1.29 is 9.53 Å². The monoisotopic (exact) mass is 453 g/mol. The van der Waals surface area contributed by atoms with Crippen LogP contribution < -0.4 is 4.74 Å². The van der Waals surface area contributed by atoms with Crippen LogP contribution in [0.25, 0.3) is 17.0 Å². The average Bonchev–Trinajstić information content (AvgIpc) is 3.39. The molecule has 0 radical (unpaired) electrons. The third-order valence-electron chi connectivity index (χ3n) is 5.56. The number of H-pyrrole nitrogens is 1. The number of amidine groups is 1. The summed E-state index contributed by atoms with van der Waals surface area (Å²) in [6.45, 7) is 0.555. The van der Waals surface area contributed by atoms with E-state index in [2.05, 4.69) is 17.1 Å². The van der Waals surface area contributed by atoms with Gasteiger partial charge in [0.05, 0.1) is 17.7 Å². The molecule has 0 saturated carbocycles. The number of aliphatic imine (C=N–C) groups is 1. The number of amides is 1. The van der Waals surface area contributed by atoms with Gasteiger partial charge in [0.25, 0.3) is 5.91 Å². The highest BCUT2D eigenvalue weighted by molar-refractivity contribution is 8.18. The first-order valence-electron chi connectivity index (χ1n) is 10.8. The minimum Gasteiger partial charge on any atom is -0.497 e. The zero-order chi connectivity index (χ0) is 22.6. The second-order valence-electron chi connectivity index (χ2n) is 7.68. The summed E-state index contributed by atoms with van der Waals surface area (Å²) in [5.74, 6) is 0.763. The van der Waals surface area contributed by atoms with Gasteiger partial charge in [-0.05, 0) is 65.7 Å². The second-order valence-corrected chi connectivity index (χ2v) is 8.69. The van der Waals surface area contributed by atoms with Crippen molar-refractivity contribution >= 4 is 45.5 Å². The van der Waals surface area contributed by atoms with Crippen molar-refractivity contribution in [2.45, 2.75) is 6.42 Å². The van der Waals surface area contributed by atoms with Crippen molar-refractivity contribution in [1.82, 2.24) is 9.88 Å². The van der Waals surface area contributed by atoms with E-state index >= 15 is 0 Å². The fourth-order valence-electron chi connectivity index (χ4n) is 3.82. The first-order chi connectivity index (χ1) is 16.2. The van der Waals surface area contributed by atoms with Crippen molar-refractivity contribution in [3.8, 4) is 5.75 Å². The van der Waals surface area contributed by atoms with Crippen LogP contribution in [0.15, 0.2) is 95.0 Å². The largest absolute Gasteiger partial charge is 0.497 e. The first kappa shape index (κ1) is 21.1. The third-order valence-corrected chi connectivity index (χ3v) is 6.57. The number of para-hydroxylation sites is 2. The van der Waals surface area contributed by atoms with Crippen LogP contribution in [0.5, 0.6) is 5.75 Å². The number of aromatic amines is 1. The van der Waals surface area contributed by atoms with Crippen LogP contribution in [0.4, 0.5) is 5.69 Å². The molecule has 0 bridgehead atoms. The van der Waals surface area contributed by atoms with Crippen molar-refractivity contribution in [1.29, 1.82) is 0 Å². The molecule has 0 aliphatic carbocycles. The highest BCUT2D eigenvalue weighted by atomic mass is 32.2. The van der Waals surface area contributed by atoms with Crippen LogP contribution in [-0.4, -0.2) is 34.6 Å². The fraction of sp³-hybridized carbons (Fsp3) is 0.111. The Morgan fingerprint density at radius 3 is 2.55 bits per heavy atom. The number of carbonyl (C=O) groups excluding carboxylic acids is 1. The quantitative estimate of drug-likeness (QED) is 0.363. The maximum Gasteiger partial charge on any atom is 0.266 e. The predicted molar refractivity (Wildman–Crippen MR) is 136 cm³/mol. The minimum absolute atomic E-state index is 0.0228. The molecule has 1 N–H and O–H groups in total. The van der Waals surface area contributed by atoms with Crippen LogP contribution in [-0.2, 0) is 11.2 Å². The number of methoxy groups -OCH3 is 1. The molecule has 6 heteroatoms. The number of rotatable bonds is 6. The van der Waals surface area contributed by atoms with E-state index in [1.165, 1.54) is 22.7 Å². The SMILES string of the molecule is COc1ccc(/C=C2/SC(=Nc3ccccc3)N(CCc3c[nH]c4ccccc34)C2=O)cc1. The molecular formula is C27H23N3O2S. The van der Waals surface area contributed by atoms with Gasteiger partial charge in [-0.2, -0.15) is 0 Å². The molecular weight excluding hydrogens is 430 g/mol. The molecule has 1 saturated heterocycles. The summed E-state index contributed by atoms with van der Waals surface area (Å²) in [6.07, 6.45) is 4.68. The van der Waals surface area contributed by atoms with Gasteiger partial charge in [0.2, 0.25) is 0 Å². The maximum absolute atomic E-state index is 13.4. The third kappa shape index (κ3) is 4.56. The fourth-order valence-corrected chi connectivity index (χ4v) is 4.85. The Balaban J connectivity index is 1.44. The highest BCUT2D eigenvalue weighted by Crippen LogP contribution is 2.34. The van der Waals surface area contributed by atoms with E-state index in [4.69, 9.17) is 9.73 Å². The van der Waals surface area contributed by atoms with E-state index in [0.717, 1.165) is 28.9 Å². The van der Waals surface area contributed by atoms with Gasteiger partial charge in [-0.15, -0.1) is 0 Å². The van der Waals surface area contributed by atoms with Crippen LogP contribution in [0.3, 0.4) is 0 Å². The van der Waals surface area contributed by atoms with Gasteiger partial charge in [-0.25, -0.2) is 4.99 Å². The summed E-state index contributed by atoms with van der Waals surface area (Å²) < 4.78 is 5.24. The van der Waals surface area contributed by atoms with Crippen molar-refractivity contribution in [2.75, 3.05) is 13.7 Å². The number of benzene rings is 3. The molecule has 33 heavy (non-hydrogen) atoms. The number of hydrogen-bond donors (Lipinski definition) is 1. The molecule has 1 fully saturated rings. The lowest BCUT2D eigenvalue weighted by Crippen LogP contribution is -2.31. The summed E-state index contributed by atoms with van der Waals surface area (Å²) in [4.78, 5) is 23.9. The van der Waals surface area contributed by atoms with Crippen LogP contribution in [0.1, 0.15) is 11.1 Å². The Morgan fingerprint density at radius 2 is 1.76 bits per heavy atom. The molecule has 1 amide bonds. The van der Waals surface area contributed by atoms with Gasteiger partial charge in [-0.1, -0.05) is 48.5 Å².